The lowest BCUT2D eigenvalue weighted by molar-refractivity contribution is -0.170. The zero-order valence-corrected chi connectivity index (χ0v) is 20.5. The maximum absolute atomic E-state index is 12.7. The van der Waals surface area contributed by atoms with Crippen LogP contribution in [0.3, 0.4) is 0 Å². The average molecular weight is 454 g/mol. The molecule has 5 heteroatoms. The van der Waals surface area contributed by atoms with E-state index >= 15 is 0 Å². The third-order valence-electron chi connectivity index (χ3n) is 9.23. The van der Waals surface area contributed by atoms with E-state index in [4.69, 9.17) is 16.0 Å². The first-order valence-corrected chi connectivity index (χ1v) is 13.0. The molecule has 180 valence electrons. The van der Waals surface area contributed by atoms with Crippen LogP contribution < -0.4 is 0 Å². The summed E-state index contributed by atoms with van der Waals surface area (Å²) in [5.41, 5.74) is 1.47. The topological polar surface area (TPSA) is 65.0 Å². The van der Waals surface area contributed by atoms with Gasteiger partial charge in [0.2, 0.25) is 0 Å². The van der Waals surface area contributed by atoms with E-state index in [0.717, 1.165) is 76.3 Å². The van der Waals surface area contributed by atoms with Gasteiger partial charge in [0, 0.05) is 18.8 Å². The first-order valence-electron chi connectivity index (χ1n) is 13.0. The number of terminal acetylenes is 1. The van der Waals surface area contributed by atoms with E-state index in [1.54, 1.807) is 0 Å². The normalized spacial score (nSPS) is 38.4. The average Bonchev–Trinajstić information content (AvgIpc) is 3.09. The summed E-state index contributed by atoms with van der Waals surface area (Å²) in [5, 5.41) is 4.05. The monoisotopic (exact) mass is 453 g/mol. The summed E-state index contributed by atoms with van der Waals surface area (Å²) in [6.45, 7) is 5.82. The summed E-state index contributed by atoms with van der Waals surface area (Å²) in [5.74, 6) is 4.90. The number of oxime groups is 1. The van der Waals surface area contributed by atoms with Gasteiger partial charge in [-0.15, -0.1) is 6.42 Å². The van der Waals surface area contributed by atoms with Crippen molar-refractivity contribution >= 4 is 17.7 Å². The van der Waals surface area contributed by atoms with Gasteiger partial charge in [-0.1, -0.05) is 43.3 Å². The molecule has 4 rings (SSSR count). The van der Waals surface area contributed by atoms with E-state index in [2.05, 4.69) is 31.0 Å². The van der Waals surface area contributed by atoms with Crippen LogP contribution in [0.5, 0.6) is 0 Å². The van der Waals surface area contributed by atoms with Gasteiger partial charge in [-0.05, 0) is 87.5 Å². The number of hydrogen-bond donors (Lipinski definition) is 0. The van der Waals surface area contributed by atoms with Gasteiger partial charge in [-0.3, -0.25) is 4.79 Å². The van der Waals surface area contributed by atoms with Crippen LogP contribution in [-0.4, -0.2) is 23.3 Å². The van der Waals surface area contributed by atoms with E-state index in [9.17, 15) is 9.59 Å². The standard InChI is InChI=1S/C28H39NO4/c1-5-7-8-9-26(31)32-28(6-2)17-15-25-24-12-10-20-18-21(29-33-19(3)30)11-13-22(20)23(24)14-16-27(25,28)4/h2,18,22-25H,5,7-17H2,1,3-4H3/b29-21-/t22-,23+,24+,25-,27-,28-/m0/s1. The Labute approximate surface area is 198 Å². The second-order valence-corrected chi connectivity index (χ2v) is 10.9. The highest BCUT2D eigenvalue weighted by Crippen LogP contribution is 2.65. The molecule has 0 aromatic heterocycles. The Hall–Kier alpha value is -2.09. The molecule has 4 aliphatic carbocycles. The third-order valence-corrected chi connectivity index (χ3v) is 9.23. The second kappa shape index (κ2) is 9.65. The lowest BCUT2D eigenvalue weighted by Crippen LogP contribution is -2.53. The van der Waals surface area contributed by atoms with Crippen LogP contribution in [0.1, 0.15) is 97.8 Å². The molecular weight excluding hydrogens is 414 g/mol. The fourth-order valence-corrected chi connectivity index (χ4v) is 7.59. The summed E-state index contributed by atoms with van der Waals surface area (Å²) in [6.07, 6.45) is 19.9. The molecule has 0 unspecified atom stereocenters. The molecule has 6 atom stereocenters. The van der Waals surface area contributed by atoms with Gasteiger partial charge in [0.25, 0.3) is 0 Å². The molecule has 0 spiro atoms. The van der Waals surface area contributed by atoms with Crippen molar-refractivity contribution in [1.82, 2.24) is 0 Å². The number of rotatable bonds is 6. The lowest BCUT2D eigenvalue weighted by Gasteiger charge is -2.55. The van der Waals surface area contributed by atoms with E-state index in [1.807, 2.05) is 0 Å². The molecule has 0 heterocycles. The second-order valence-electron chi connectivity index (χ2n) is 10.9. The van der Waals surface area contributed by atoms with Crippen LogP contribution in [0.2, 0.25) is 0 Å². The smallest absolute Gasteiger partial charge is 0.331 e. The van der Waals surface area contributed by atoms with Crippen LogP contribution in [0.25, 0.3) is 0 Å². The Bertz CT molecular complexity index is 883. The Morgan fingerprint density at radius 1 is 1.15 bits per heavy atom. The highest BCUT2D eigenvalue weighted by Gasteiger charge is 2.64. The molecular formula is C28H39NO4. The molecule has 0 aliphatic heterocycles. The molecule has 0 aromatic carbocycles. The Balaban J connectivity index is 1.49. The number of ether oxygens (including phenoxy) is 1. The quantitative estimate of drug-likeness (QED) is 0.163. The molecule has 4 aliphatic rings. The van der Waals surface area contributed by atoms with Gasteiger partial charge >= 0.3 is 11.9 Å². The number of carbonyl (C=O) groups is 2. The molecule has 0 saturated heterocycles. The van der Waals surface area contributed by atoms with Crippen molar-refractivity contribution in [3.05, 3.63) is 11.6 Å². The predicted octanol–water partition coefficient (Wildman–Crippen LogP) is 5.97. The van der Waals surface area contributed by atoms with Crippen LogP contribution in [-0.2, 0) is 19.2 Å². The van der Waals surface area contributed by atoms with E-state index in [0.29, 0.717) is 30.1 Å². The number of hydrogen-bond acceptors (Lipinski definition) is 5. The Morgan fingerprint density at radius 3 is 2.70 bits per heavy atom. The van der Waals surface area contributed by atoms with E-state index in [-0.39, 0.29) is 17.4 Å². The van der Waals surface area contributed by atoms with Gasteiger partial charge in [-0.25, -0.2) is 4.79 Å². The van der Waals surface area contributed by atoms with Crippen LogP contribution in [0.15, 0.2) is 16.8 Å². The number of fused-ring (bicyclic) bond motifs is 5. The van der Waals surface area contributed by atoms with Gasteiger partial charge in [0.15, 0.2) is 5.60 Å². The summed E-state index contributed by atoms with van der Waals surface area (Å²) in [6, 6.07) is 0. The van der Waals surface area contributed by atoms with E-state index in [1.165, 1.54) is 12.5 Å². The maximum Gasteiger partial charge on any atom is 0.331 e. The summed E-state index contributed by atoms with van der Waals surface area (Å²) < 4.78 is 6.17. The number of carbonyl (C=O) groups excluding carboxylic acids is 2. The molecule has 0 aromatic rings. The predicted molar refractivity (Wildman–Crippen MR) is 128 cm³/mol. The fraction of sp³-hybridized carbons (Fsp3) is 0.750. The van der Waals surface area contributed by atoms with Crippen molar-refractivity contribution in [3.63, 3.8) is 0 Å². The fourth-order valence-electron chi connectivity index (χ4n) is 7.59. The van der Waals surface area contributed by atoms with Crippen molar-refractivity contribution in [2.75, 3.05) is 0 Å². The van der Waals surface area contributed by atoms with Crippen LogP contribution in [0.4, 0.5) is 0 Å². The first-order chi connectivity index (χ1) is 15.8. The van der Waals surface area contributed by atoms with Crippen molar-refractivity contribution in [3.8, 4) is 12.3 Å². The zero-order chi connectivity index (χ0) is 23.6. The van der Waals surface area contributed by atoms with Gasteiger partial charge in [-0.2, -0.15) is 0 Å². The zero-order valence-electron chi connectivity index (χ0n) is 20.5. The third kappa shape index (κ3) is 4.38. The highest BCUT2D eigenvalue weighted by atomic mass is 16.7. The molecule has 3 fully saturated rings. The van der Waals surface area contributed by atoms with Crippen molar-refractivity contribution in [2.45, 2.75) is 103 Å². The van der Waals surface area contributed by atoms with Gasteiger partial charge in [0.1, 0.15) is 0 Å². The van der Waals surface area contributed by atoms with Crippen molar-refractivity contribution < 1.29 is 19.2 Å². The summed E-state index contributed by atoms with van der Waals surface area (Å²) in [4.78, 5) is 28.7. The van der Waals surface area contributed by atoms with Crippen LogP contribution >= 0.6 is 0 Å². The number of allylic oxidation sites excluding steroid dienone is 2. The molecule has 0 radical (unpaired) electrons. The Morgan fingerprint density at radius 2 is 1.97 bits per heavy atom. The number of nitrogens with zero attached hydrogens (tertiary/aromatic N) is 1. The maximum atomic E-state index is 12.7. The first kappa shape index (κ1) is 24.0. The van der Waals surface area contributed by atoms with Gasteiger partial charge < -0.3 is 9.57 Å². The largest absolute Gasteiger partial charge is 0.445 e. The molecule has 0 N–H and O–H groups in total. The summed E-state index contributed by atoms with van der Waals surface area (Å²) >= 11 is 0. The van der Waals surface area contributed by atoms with Crippen molar-refractivity contribution in [2.24, 2.45) is 34.2 Å². The minimum absolute atomic E-state index is 0.119. The molecule has 3 saturated carbocycles. The Kier molecular flexibility index (Phi) is 7.03. The molecule has 0 bridgehead atoms. The SMILES string of the molecule is C#C[C@]1(OC(=O)CCCCC)CC[C@H]2[C@@H]3CCC4=C/C(=N\OC(C)=O)CC[C@@H]4[C@H]3CC[C@@]21C. The minimum Gasteiger partial charge on any atom is -0.445 e. The minimum atomic E-state index is -0.752. The molecule has 5 nitrogen and oxygen atoms in total. The van der Waals surface area contributed by atoms with Gasteiger partial charge in [0.05, 0.1) is 5.71 Å². The van der Waals surface area contributed by atoms with Crippen LogP contribution in [0, 0.1) is 41.4 Å². The molecule has 0 amide bonds. The highest BCUT2D eigenvalue weighted by molar-refractivity contribution is 5.96. The van der Waals surface area contributed by atoms with Crippen molar-refractivity contribution in [1.29, 1.82) is 0 Å². The molecule has 33 heavy (non-hydrogen) atoms. The van der Waals surface area contributed by atoms with E-state index < -0.39 is 5.60 Å². The lowest BCUT2D eigenvalue weighted by atomic mass is 9.50. The number of esters is 1. The number of unbranched alkanes of at least 4 members (excludes halogenated alkanes) is 2. The summed E-state index contributed by atoms with van der Waals surface area (Å²) in [7, 11) is 0.